The molecule has 0 unspecified atom stereocenters. The van der Waals surface area contributed by atoms with E-state index in [2.05, 4.69) is 4.98 Å². The van der Waals surface area contributed by atoms with E-state index in [0.717, 1.165) is 16.5 Å². The molecule has 0 aliphatic carbocycles. The molecule has 0 amide bonds. The number of aromatic amines is 1. The summed E-state index contributed by atoms with van der Waals surface area (Å²) in [4.78, 5) is 4.34. The Kier molecular flexibility index (Phi) is 5.02. The number of H-pyrrole nitrogens is 1. The Morgan fingerprint density at radius 1 is 0.923 bits per heavy atom. The number of rotatable bonds is 6. The van der Waals surface area contributed by atoms with Crippen molar-refractivity contribution in [2.24, 2.45) is 0 Å². The van der Waals surface area contributed by atoms with Gasteiger partial charge in [0, 0.05) is 0 Å². The van der Waals surface area contributed by atoms with Crippen LogP contribution in [-0.2, 0) is 7.67 Å². The number of ether oxygens (including phenoxy) is 3. The number of methoxy groups -OCH3 is 3. The summed E-state index contributed by atoms with van der Waals surface area (Å²) in [5, 5.41) is 1.07. The molecular weight excluding hydrogens is 401 g/mol. The molecule has 0 aliphatic heterocycles. The fraction of sp³-hybridized carbons (Fsp3) is 0.158. The molecule has 2 aromatic carbocycles. The first-order valence-electron chi connectivity index (χ1n) is 7.79. The number of nitrogens with one attached hydrogen (secondary N) is 1. The van der Waals surface area contributed by atoms with Gasteiger partial charge < -0.3 is 0 Å². The maximum atomic E-state index is 12.8. The van der Waals surface area contributed by atoms with Gasteiger partial charge in [0.25, 0.3) is 0 Å². The van der Waals surface area contributed by atoms with Crippen molar-refractivity contribution in [3.63, 3.8) is 0 Å². The van der Waals surface area contributed by atoms with Gasteiger partial charge in [-0.3, -0.25) is 0 Å². The SMILES string of the molecule is COc1cc([Se](=O)(=O)/C=C/c2ccc3cc[nH]c3c2)cc(OC)c1OC. The van der Waals surface area contributed by atoms with Crippen molar-refractivity contribution < 1.29 is 21.9 Å². The average molecular weight is 420 g/mol. The molecule has 3 aromatic rings. The summed E-state index contributed by atoms with van der Waals surface area (Å²) >= 11 is -4.56. The second-order valence-electron chi connectivity index (χ2n) is 5.53. The number of aromatic nitrogens is 1. The van der Waals surface area contributed by atoms with E-state index in [1.807, 2.05) is 30.5 Å². The minimum atomic E-state index is -4.56. The molecule has 1 N–H and O–H groups in total. The van der Waals surface area contributed by atoms with Crippen molar-refractivity contribution in [2.75, 3.05) is 21.3 Å². The van der Waals surface area contributed by atoms with Gasteiger partial charge in [0.2, 0.25) is 0 Å². The summed E-state index contributed by atoms with van der Waals surface area (Å²) in [6.07, 6.45) is 3.43. The second kappa shape index (κ2) is 7.23. The minimum absolute atomic E-state index is 0.132. The summed E-state index contributed by atoms with van der Waals surface area (Å²) in [5.74, 6) is 0.959. The quantitative estimate of drug-likeness (QED) is 0.621. The van der Waals surface area contributed by atoms with Gasteiger partial charge in [-0.1, -0.05) is 0 Å². The summed E-state index contributed by atoms with van der Waals surface area (Å²) < 4.78 is 41.4. The van der Waals surface area contributed by atoms with Crippen LogP contribution < -0.4 is 18.7 Å². The third-order valence-corrected chi connectivity index (χ3v) is 6.90. The van der Waals surface area contributed by atoms with Crippen LogP contribution in [0.3, 0.4) is 0 Å². The molecule has 3 rings (SSSR count). The molecule has 1 aromatic heterocycles. The van der Waals surface area contributed by atoms with Crippen LogP contribution in [0, 0.1) is 0 Å². The molecule has 0 saturated carbocycles. The van der Waals surface area contributed by atoms with Gasteiger partial charge in [0.05, 0.1) is 0 Å². The number of hydrogen-bond donors (Lipinski definition) is 1. The van der Waals surface area contributed by atoms with Gasteiger partial charge in [0.1, 0.15) is 0 Å². The standard InChI is InChI=1S/C19H19NO5Se/c1-23-17-11-15(12-18(24-2)19(17)25-3)26(21,22)9-7-13-4-5-14-6-8-20-16(14)10-13/h4-12,20H,1-3H3/b9-7+. The van der Waals surface area contributed by atoms with Gasteiger partial charge in [-0.25, -0.2) is 0 Å². The molecule has 0 radical (unpaired) electrons. The molecule has 0 aliphatic rings. The predicted molar refractivity (Wildman–Crippen MR) is 100 cm³/mol. The van der Waals surface area contributed by atoms with Crippen LogP contribution in [0.1, 0.15) is 5.56 Å². The summed E-state index contributed by atoms with van der Waals surface area (Å²) in [5.41, 5.74) is 1.74. The van der Waals surface area contributed by atoms with Crippen molar-refractivity contribution >= 4 is 34.1 Å². The van der Waals surface area contributed by atoms with Gasteiger partial charge in [0.15, 0.2) is 0 Å². The Bertz CT molecular complexity index is 1040. The van der Waals surface area contributed by atoms with E-state index in [9.17, 15) is 7.67 Å². The molecule has 136 valence electrons. The fourth-order valence-corrected chi connectivity index (χ4v) is 4.81. The molecule has 0 spiro atoms. The van der Waals surface area contributed by atoms with E-state index in [-0.39, 0.29) is 4.46 Å². The maximum absolute atomic E-state index is 12.8. The van der Waals surface area contributed by atoms with Gasteiger partial charge >= 0.3 is 153 Å². The third-order valence-electron chi connectivity index (χ3n) is 3.99. The Labute approximate surface area is 153 Å². The van der Waals surface area contributed by atoms with Crippen LogP contribution in [0.4, 0.5) is 0 Å². The molecule has 1 heterocycles. The summed E-state index contributed by atoms with van der Waals surface area (Å²) in [6.45, 7) is 0. The average Bonchev–Trinajstić information content (AvgIpc) is 3.12. The predicted octanol–water partition coefficient (Wildman–Crippen LogP) is 2.96. The zero-order chi connectivity index (χ0) is 18.7. The van der Waals surface area contributed by atoms with E-state index in [0.29, 0.717) is 17.2 Å². The molecular formula is C19H19NO5Se. The van der Waals surface area contributed by atoms with E-state index in [1.54, 1.807) is 6.08 Å². The monoisotopic (exact) mass is 421 g/mol. The van der Waals surface area contributed by atoms with Gasteiger partial charge in [-0.05, 0) is 0 Å². The van der Waals surface area contributed by atoms with E-state index in [4.69, 9.17) is 14.2 Å². The molecule has 6 nitrogen and oxygen atoms in total. The van der Waals surface area contributed by atoms with Crippen LogP contribution in [-0.4, -0.2) is 39.0 Å². The van der Waals surface area contributed by atoms with Crippen molar-refractivity contribution in [1.82, 2.24) is 4.98 Å². The van der Waals surface area contributed by atoms with Crippen molar-refractivity contribution in [3.8, 4) is 17.2 Å². The summed E-state index contributed by atoms with van der Waals surface area (Å²) in [7, 11) is 4.36. The molecule has 7 heteroatoms. The van der Waals surface area contributed by atoms with Crippen molar-refractivity contribution in [1.29, 1.82) is 0 Å². The first-order chi connectivity index (χ1) is 12.5. The summed E-state index contributed by atoms with van der Waals surface area (Å²) in [6, 6.07) is 10.6. The topological polar surface area (TPSA) is 77.6 Å². The zero-order valence-corrected chi connectivity index (χ0v) is 16.4. The Morgan fingerprint density at radius 3 is 2.23 bits per heavy atom. The van der Waals surface area contributed by atoms with E-state index in [1.165, 1.54) is 38.4 Å². The van der Waals surface area contributed by atoms with E-state index >= 15 is 0 Å². The molecule has 0 bridgehead atoms. The molecule has 0 atom stereocenters. The Balaban J connectivity index is 1.99. The van der Waals surface area contributed by atoms with Crippen LogP contribution in [0.2, 0.25) is 0 Å². The fourth-order valence-electron chi connectivity index (χ4n) is 2.64. The molecule has 0 fully saturated rings. The van der Waals surface area contributed by atoms with Gasteiger partial charge in [-0.15, -0.1) is 0 Å². The van der Waals surface area contributed by atoms with Crippen LogP contribution in [0.25, 0.3) is 17.0 Å². The van der Waals surface area contributed by atoms with Crippen molar-refractivity contribution in [2.45, 2.75) is 0 Å². The normalized spacial score (nSPS) is 11.8. The number of benzene rings is 2. The number of fused-ring (bicyclic) bond motifs is 1. The second-order valence-corrected chi connectivity index (χ2v) is 9.38. The van der Waals surface area contributed by atoms with Crippen LogP contribution in [0.5, 0.6) is 17.2 Å². The van der Waals surface area contributed by atoms with Gasteiger partial charge in [-0.2, -0.15) is 0 Å². The molecule has 26 heavy (non-hydrogen) atoms. The first-order valence-corrected chi connectivity index (χ1v) is 11.0. The number of hydrogen-bond acceptors (Lipinski definition) is 5. The Hall–Kier alpha value is -2.76. The van der Waals surface area contributed by atoms with Crippen molar-refractivity contribution in [3.05, 3.63) is 53.1 Å². The van der Waals surface area contributed by atoms with Crippen LogP contribution >= 0.6 is 0 Å². The first kappa shape index (κ1) is 18.0. The molecule has 0 saturated heterocycles. The third kappa shape index (κ3) is 3.45. The Morgan fingerprint density at radius 2 is 1.62 bits per heavy atom. The zero-order valence-electron chi connectivity index (χ0n) is 14.6. The van der Waals surface area contributed by atoms with Crippen LogP contribution in [0.15, 0.2) is 47.6 Å². The van der Waals surface area contributed by atoms with E-state index < -0.39 is 12.7 Å².